The van der Waals surface area contributed by atoms with Gasteiger partial charge in [0.05, 0.1) is 10.2 Å². The van der Waals surface area contributed by atoms with Crippen LogP contribution >= 0.6 is 11.3 Å². The van der Waals surface area contributed by atoms with E-state index in [0.29, 0.717) is 10.2 Å². The van der Waals surface area contributed by atoms with E-state index in [9.17, 15) is 9.18 Å². The summed E-state index contributed by atoms with van der Waals surface area (Å²) in [5.74, 6) is -1.94. The zero-order chi connectivity index (χ0) is 8.72. The molecule has 0 aliphatic heterocycles. The number of aromatic carboxylic acids is 1. The van der Waals surface area contributed by atoms with Gasteiger partial charge in [-0.25, -0.2) is 9.18 Å². The van der Waals surface area contributed by atoms with Crippen LogP contribution in [0, 0.1) is 5.82 Å². The third-order valence-electron chi connectivity index (χ3n) is 1.56. The molecule has 0 saturated heterocycles. The lowest BCUT2D eigenvalue weighted by Crippen LogP contribution is -1.98. The number of aromatic amines is 1. The highest BCUT2D eigenvalue weighted by Gasteiger charge is 2.17. The number of carbonyl (C=O) groups is 1. The summed E-state index contributed by atoms with van der Waals surface area (Å²) in [5.41, 5.74) is 0.173. The van der Waals surface area contributed by atoms with E-state index >= 15 is 0 Å². The van der Waals surface area contributed by atoms with E-state index in [4.69, 9.17) is 5.11 Å². The van der Waals surface area contributed by atoms with Crippen molar-refractivity contribution in [2.24, 2.45) is 0 Å². The molecule has 0 unspecified atom stereocenters. The number of hydrogen-bond donors (Lipinski definition) is 2. The molecule has 0 aliphatic rings. The summed E-state index contributed by atoms with van der Waals surface area (Å²) >= 11 is 1.18. The second kappa shape index (κ2) is 2.31. The number of carboxylic acid groups (broad SMARTS) is 1. The van der Waals surface area contributed by atoms with Gasteiger partial charge in [-0.2, -0.15) is 0 Å². The molecule has 0 atom stereocenters. The number of thiophene rings is 1. The molecular formula is C7H4FNO2S. The lowest BCUT2D eigenvalue weighted by Gasteiger charge is -1.85. The Morgan fingerprint density at radius 2 is 2.42 bits per heavy atom. The second-order valence-electron chi connectivity index (χ2n) is 2.28. The fraction of sp³-hybridized carbons (Fsp3) is 0. The van der Waals surface area contributed by atoms with Crippen LogP contribution in [0.4, 0.5) is 4.39 Å². The number of rotatable bonds is 1. The van der Waals surface area contributed by atoms with Gasteiger partial charge in [-0.1, -0.05) is 0 Å². The predicted molar refractivity (Wildman–Crippen MR) is 43.1 cm³/mol. The van der Waals surface area contributed by atoms with Crippen LogP contribution in [0.15, 0.2) is 11.4 Å². The highest BCUT2D eigenvalue weighted by atomic mass is 32.1. The quantitative estimate of drug-likeness (QED) is 0.714. The van der Waals surface area contributed by atoms with Crippen molar-refractivity contribution in [2.45, 2.75) is 0 Å². The van der Waals surface area contributed by atoms with E-state index in [1.165, 1.54) is 11.3 Å². The third kappa shape index (κ3) is 0.831. The van der Waals surface area contributed by atoms with Gasteiger partial charge in [0.2, 0.25) is 0 Å². The standard InChI is InChI=1S/C7H4FNO2S/c8-4-5(7(10)11)9-3-1-2-12-6(3)4/h1-2,9H,(H,10,11). The summed E-state index contributed by atoms with van der Waals surface area (Å²) in [6.07, 6.45) is 0. The van der Waals surface area contributed by atoms with E-state index in [1.807, 2.05) is 0 Å². The van der Waals surface area contributed by atoms with Crippen molar-refractivity contribution in [2.75, 3.05) is 0 Å². The lowest BCUT2D eigenvalue weighted by atomic mass is 10.4. The monoisotopic (exact) mass is 185 g/mol. The molecule has 62 valence electrons. The van der Waals surface area contributed by atoms with Crippen LogP contribution < -0.4 is 0 Å². The number of H-pyrrole nitrogens is 1. The van der Waals surface area contributed by atoms with Gasteiger partial charge in [0.25, 0.3) is 0 Å². The number of hydrogen-bond acceptors (Lipinski definition) is 2. The number of fused-ring (bicyclic) bond motifs is 1. The summed E-state index contributed by atoms with van der Waals surface area (Å²) in [4.78, 5) is 12.9. The van der Waals surface area contributed by atoms with Crippen molar-refractivity contribution in [1.82, 2.24) is 4.98 Å². The minimum absolute atomic E-state index is 0.364. The third-order valence-corrected chi connectivity index (χ3v) is 2.46. The Balaban J connectivity index is 2.78. The number of halogens is 1. The molecule has 2 aromatic heterocycles. The lowest BCUT2D eigenvalue weighted by molar-refractivity contribution is 0.0686. The largest absolute Gasteiger partial charge is 0.476 e. The Bertz CT molecular complexity index is 445. The molecule has 0 aliphatic carbocycles. The van der Waals surface area contributed by atoms with Gasteiger partial charge in [0.1, 0.15) is 0 Å². The molecule has 2 heterocycles. The highest BCUT2D eigenvalue weighted by Crippen LogP contribution is 2.25. The Labute approximate surface area is 70.4 Å². The number of aromatic nitrogens is 1. The maximum absolute atomic E-state index is 13.1. The molecule has 12 heavy (non-hydrogen) atoms. The second-order valence-corrected chi connectivity index (χ2v) is 3.20. The molecule has 0 spiro atoms. The average Bonchev–Trinajstić information content (AvgIpc) is 2.53. The zero-order valence-electron chi connectivity index (χ0n) is 5.80. The maximum atomic E-state index is 13.1. The van der Waals surface area contributed by atoms with Crippen molar-refractivity contribution in [3.05, 3.63) is 23.0 Å². The van der Waals surface area contributed by atoms with Crippen molar-refractivity contribution in [3.8, 4) is 0 Å². The van der Waals surface area contributed by atoms with E-state index < -0.39 is 11.8 Å². The first-order valence-corrected chi connectivity index (χ1v) is 4.06. The molecule has 0 radical (unpaired) electrons. The fourth-order valence-electron chi connectivity index (χ4n) is 1.03. The Hall–Kier alpha value is -1.36. The maximum Gasteiger partial charge on any atom is 0.355 e. The van der Waals surface area contributed by atoms with Crippen molar-refractivity contribution in [1.29, 1.82) is 0 Å². The summed E-state index contributed by atoms with van der Waals surface area (Å²) in [7, 11) is 0. The summed E-state index contributed by atoms with van der Waals surface area (Å²) < 4.78 is 13.5. The summed E-state index contributed by atoms with van der Waals surface area (Å²) in [5, 5.41) is 10.2. The molecule has 3 nitrogen and oxygen atoms in total. The van der Waals surface area contributed by atoms with Crippen LogP contribution in [0.5, 0.6) is 0 Å². The minimum atomic E-state index is -1.27. The Morgan fingerprint density at radius 3 is 3.00 bits per heavy atom. The average molecular weight is 185 g/mol. The van der Waals surface area contributed by atoms with E-state index in [1.54, 1.807) is 11.4 Å². The molecule has 0 saturated carbocycles. The van der Waals surface area contributed by atoms with Gasteiger partial charge < -0.3 is 10.1 Å². The molecule has 2 rings (SSSR count). The molecule has 2 N–H and O–H groups in total. The van der Waals surface area contributed by atoms with Gasteiger partial charge in [-0.05, 0) is 11.4 Å². The first-order chi connectivity index (χ1) is 5.70. The van der Waals surface area contributed by atoms with Gasteiger partial charge >= 0.3 is 5.97 Å². The first-order valence-electron chi connectivity index (χ1n) is 3.18. The van der Waals surface area contributed by atoms with Crippen LogP contribution in [-0.2, 0) is 0 Å². The molecule has 0 amide bonds. The first kappa shape index (κ1) is 7.30. The normalized spacial score (nSPS) is 10.8. The smallest absolute Gasteiger partial charge is 0.355 e. The molecular weight excluding hydrogens is 181 g/mol. The van der Waals surface area contributed by atoms with Gasteiger partial charge in [0.15, 0.2) is 11.5 Å². The molecule has 0 aromatic carbocycles. The van der Waals surface area contributed by atoms with Crippen molar-refractivity contribution >= 4 is 27.5 Å². The van der Waals surface area contributed by atoms with Crippen LogP contribution in [0.1, 0.15) is 10.5 Å². The Morgan fingerprint density at radius 1 is 1.67 bits per heavy atom. The molecule has 0 fully saturated rings. The van der Waals surface area contributed by atoms with Crippen LogP contribution in [0.3, 0.4) is 0 Å². The van der Waals surface area contributed by atoms with E-state index in [-0.39, 0.29) is 5.69 Å². The van der Waals surface area contributed by atoms with Crippen LogP contribution in [-0.4, -0.2) is 16.1 Å². The van der Waals surface area contributed by atoms with Crippen molar-refractivity contribution < 1.29 is 14.3 Å². The highest BCUT2D eigenvalue weighted by molar-refractivity contribution is 7.17. The predicted octanol–water partition coefficient (Wildman–Crippen LogP) is 2.07. The minimum Gasteiger partial charge on any atom is -0.476 e. The molecule has 2 aromatic rings. The fourth-order valence-corrected chi connectivity index (χ4v) is 1.82. The van der Waals surface area contributed by atoms with E-state index in [0.717, 1.165) is 0 Å². The van der Waals surface area contributed by atoms with Crippen LogP contribution in [0.2, 0.25) is 0 Å². The van der Waals surface area contributed by atoms with Crippen molar-refractivity contribution in [3.63, 3.8) is 0 Å². The zero-order valence-corrected chi connectivity index (χ0v) is 6.61. The number of carboxylic acids is 1. The van der Waals surface area contributed by atoms with Gasteiger partial charge in [0, 0.05) is 0 Å². The number of nitrogens with one attached hydrogen (secondary N) is 1. The SMILES string of the molecule is O=C(O)c1[nH]c2ccsc2c1F. The summed E-state index contributed by atoms with van der Waals surface area (Å²) in [6, 6.07) is 1.65. The van der Waals surface area contributed by atoms with Crippen LogP contribution in [0.25, 0.3) is 10.2 Å². The Kier molecular flexibility index (Phi) is 1.41. The molecule has 5 heteroatoms. The molecule has 0 bridgehead atoms. The summed E-state index contributed by atoms with van der Waals surface area (Å²) in [6.45, 7) is 0. The topological polar surface area (TPSA) is 53.1 Å². The van der Waals surface area contributed by atoms with Gasteiger partial charge in [-0.15, -0.1) is 11.3 Å². The van der Waals surface area contributed by atoms with E-state index in [2.05, 4.69) is 4.98 Å². The van der Waals surface area contributed by atoms with Gasteiger partial charge in [-0.3, -0.25) is 0 Å².